The highest BCUT2D eigenvalue weighted by atomic mass is 16.2. The minimum absolute atomic E-state index is 0.115. The fourth-order valence-electron chi connectivity index (χ4n) is 4.14. The average Bonchev–Trinajstić information content (AvgIpc) is 2.70. The molecule has 0 atom stereocenters. The molecule has 1 N–H and O–H groups in total. The topological polar surface area (TPSA) is 69.7 Å². The van der Waals surface area contributed by atoms with Crippen LogP contribution in [0.2, 0.25) is 0 Å². The van der Waals surface area contributed by atoms with Crippen molar-refractivity contribution in [3.05, 3.63) is 0 Å². The fraction of sp³-hybridized carbons (Fsp3) is 0.833. The average molecular weight is 335 g/mol. The highest BCUT2D eigenvalue weighted by Crippen LogP contribution is 2.45. The van der Waals surface area contributed by atoms with E-state index in [1.54, 1.807) is 4.90 Å². The second-order valence-corrected chi connectivity index (χ2v) is 8.25. The number of amides is 4. The summed E-state index contributed by atoms with van der Waals surface area (Å²) in [6.07, 6.45) is 5.37. The quantitative estimate of drug-likeness (QED) is 0.800. The van der Waals surface area contributed by atoms with E-state index in [1.165, 1.54) is 0 Å². The van der Waals surface area contributed by atoms with E-state index in [1.807, 2.05) is 0 Å². The van der Waals surface area contributed by atoms with Crippen molar-refractivity contribution in [1.29, 1.82) is 0 Å². The molecule has 3 fully saturated rings. The van der Waals surface area contributed by atoms with Gasteiger partial charge in [0.2, 0.25) is 5.91 Å². The van der Waals surface area contributed by atoms with Crippen LogP contribution < -0.4 is 5.32 Å². The fourth-order valence-corrected chi connectivity index (χ4v) is 4.14. The molecule has 2 saturated heterocycles. The smallest absolute Gasteiger partial charge is 0.325 e. The van der Waals surface area contributed by atoms with E-state index < -0.39 is 11.6 Å². The first-order valence-electron chi connectivity index (χ1n) is 9.21. The van der Waals surface area contributed by atoms with Gasteiger partial charge in [0.1, 0.15) is 12.1 Å². The second kappa shape index (κ2) is 6.05. The number of likely N-dealkylation sites (tertiary alicyclic amines) is 1. The molecule has 3 aliphatic rings. The van der Waals surface area contributed by atoms with Gasteiger partial charge in [0.15, 0.2) is 0 Å². The summed E-state index contributed by atoms with van der Waals surface area (Å²) in [5, 5.41) is 2.91. The molecule has 0 radical (unpaired) electrons. The van der Waals surface area contributed by atoms with Gasteiger partial charge in [0.25, 0.3) is 5.91 Å². The molecule has 0 unspecified atom stereocenters. The first-order chi connectivity index (χ1) is 11.3. The third-order valence-electron chi connectivity index (χ3n) is 6.60. The number of hydrogen-bond acceptors (Lipinski definition) is 3. The van der Waals surface area contributed by atoms with Gasteiger partial charge in [-0.05, 0) is 43.4 Å². The summed E-state index contributed by atoms with van der Waals surface area (Å²) in [7, 11) is 0. The molecule has 2 heterocycles. The van der Waals surface area contributed by atoms with Crippen molar-refractivity contribution in [3.63, 3.8) is 0 Å². The Balaban J connectivity index is 1.64. The maximum absolute atomic E-state index is 12.9. The van der Waals surface area contributed by atoms with Gasteiger partial charge >= 0.3 is 6.03 Å². The molecule has 0 aromatic carbocycles. The van der Waals surface area contributed by atoms with Gasteiger partial charge in [-0.25, -0.2) is 4.79 Å². The molecule has 0 aromatic heterocycles. The van der Waals surface area contributed by atoms with E-state index in [-0.39, 0.29) is 23.8 Å². The van der Waals surface area contributed by atoms with E-state index in [9.17, 15) is 14.4 Å². The number of carbonyl (C=O) groups is 3. The van der Waals surface area contributed by atoms with Gasteiger partial charge < -0.3 is 10.2 Å². The van der Waals surface area contributed by atoms with Gasteiger partial charge in [-0.1, -0.05) is 27.2 Å². The number of nitrogens with zero attached hydrogens (tertiary/aromatic N) is 2. The molecule has 0 aromatic rings. The maximum Gasteiger partial charge on any atom is 0.325 e. The van der Waals surface area contributed by atoms with Gasteiger partial charge in [0.05, 0.1) is 0 Å². The second-order valence-electron chi connectivity index (χ2n) is 8.25. The largest absolute Gasteiger partial charge is 0.341 e. The molecule has 1 spiro atoms. The summed E-state index contributed by atoms with van der Waals surface area (Å²) < 4.78 is 0. The summed E-state index contributed by atoms with van der Waals surface area (Å²) >= 11 is 0. The summed E-state index contributed by atoms with van der Waals surface area (Å²) in [6, 6.07) is -0.401. The summed E-state index contributed by atoms with van der Waals surface area (Å²) in [5.41, 5.74) is -0.507. The van der Waals surface area contributed by atoms with Crippen LogP contribution in [-0.4, -0.2) is 52.8 Å². The highest BCUT2D eigenvalue weighted by molar-refractivity contribution is 6.09. The Hall–Kier alpha value is -1.59. The zero-order valence-electron chi connectivity index (χ0n) is 15.1. The molecular weight excluding hydrogens is 306 g/mol. The number of nitrogens with one attached hydrogen (secondary N) is 1. The summed E-state index contributed by atoms with van der Waals surface area (Å²) in [4.78, 5) is 40.1. The number of hydrogen-bond donors (Lipinski definition) is 1. The lowest BCUT2D eigenvalue weighted by Crippen LogP contribution is -2.52. The van der Waals surface area contributed by atoms with Gasteiger partial charge in [0, 0.05) is 13.1 Å². The Morgan fingerprint density at radius 2 is 1.88 bits per heavy atom. The third-order valence-corrected chi connectivity index (χ3v) is 6.60. The third kappa shape index (κ3) is 2.80. The molecule has 4 amide bonds. The molecule has 1 aliphatic carbocycles. The summed E-state index contributed by atoms with van der Waals surface area (Å²) in [5.74, 6) is 0.256. The predicted molar refractivity (Wildman–Crippen MR) is 90.2 cm³/mol. The Kier molecular flexibility index (Phi) is 4.34. The monoisotopic (exact) mass is 335 g/mol. The van der Waals surface area contributed by atoms with Gasteiger partial charge in [-0.3, -0.25) is 14.5 Å². The van der Waals surface area contributed by atoms with Crippen LogP contribution in [0.4, 0.5) is 4.79 Å². The van der Waals surface area contributed by atoms with Crippen LogP contribution >= 0.6 is 0 Å². The molecule has 0 bridgehead atoms. The minimum atomic E-state index is -0.771. The molecule has 1 saturated carbocycles. The van der Waals surface area contributed by atoms with Crippen molar-refractivity contribution < 1.29 is 14.4 Å². The molecule has 2 aliphatic heterocycles. The number of urea groups is 1. The van der Waals surface area contributed by atoms with E-state index in [0.717, 1.165) is 43.7 Å². The molecule has 3 rings (SSSR count). The molecule has 134 valence electrons. The molecular formula is C18H29N3O3. The van der Waals surface area contributed by atoms with Crippen molar-refractivity contribution in [2.75, 3.05) is 19.6 Å². The van der Waals surface area contributed by atoms with E-state index in [0.29, 0.717) is 18.8 Å². The zero-order chi connectivity index (χ0) is 17.5. The van der Waals surface area contributed by atoms with Crippen LogP contribution in [0.15, 0.2) is 0 Å². The number of imide groups is 1. The van der Waals surface area contributed by atoms with Crippen LogP contribution in [0.3, 0.4) is 0 Å². The number of rotatable bonds is 4. The van der Waals surface area contributed by atoms with Crippen LogP contribution in [0.5, 0.6) is 0 Å². The van der Waals surface area contributed by atoms with Crippen LogP contribution in [0.1, 0.15) is 59.3 Å². The normalized spacial score (nSPS) is 30.5. The van der Waals surface area contributed by atoms with E-state index in [4.69, 9.17) is 0 Å². The molecule has 24 heavy (non-hydrogen) atoms. The lowest BCUT2D eigenvalue weighted by Gasteiger charge is -2.42. The Labute approximate surface area is 143 Å². The van der Waals surface area contributed by atoms with Gasteiger partial charge in [-0.2, -0.15) is 0 Å². The van der Waals surface area contributed by atoms with E-state index in [2.05, 4.69) is 26.1 Å². The Morgan fingerprint density at radius 1 is 1.25 bits per heavy atom. The van der Waals surface area contributed by atoms with Crippen LogP contribution in [-0.2, 0) is 9.59 Å². The van der Waals surface area contributed by atoms with Crippen molar-refractivity contribution >= 4 is 17.8 Å². The predicted octanol–water partition coefficient (Wildman–Crippen LogP) is 2.14. The maximum atomic E-state index is 12.9. The first kappa shape index (κ1) is 17.2. The Bertz CT molecular complexity index is 546. The van der Waals surface area contributed by atoms with Crippen molar-refractivity contribution in [2.45, 2.75) is 64.8 Å². The van der Waals surface area contributed by atoms with Gasteiger partial charge in [-0.15, -0.1) is 0 Å². The van der Waals surface area contributed by atoms with Crippen molar-refractivity contribution in [3.8, 4) is 0 Å². The molecule has 6 nitrogen and oxygen atoms in total. The zero-order valence-corrected chi connectivity index (χ0v) is 15.1. The number of carbonyl (C=O) groups excluding carboxylic acids is 3. The Morgan fingerprint density at radius 3 is 2.38 bits per heavy atom. The van der Waals surface area contributed by atoms with Crippen LogP contribution in [0.25, 0.3) is 0 Å². The minimum Gasteiger partial charge on any atom is -0.341 e. The van der Waals surface area contributed by atoms with Crippen molar-refractivity contribution in [1.82, 2.24) is 15.1 Å². The SMILES string of the molecule is CCC(C)(C)C1CCC2(CC1)NC(=O)N(CC(=O)N1CCC1)C2=O. The summed E-state index contributed by atoms with van der Waals surface area (Å²) in [6.45, 7) is 8.13. The standard InChI is InChI=1S/C18H29N3O3/c1-4-17(2,3)13-6-8-18(9-7-13)15(23)21(16(24)19-18)12-14(22)20-10-5-11-20/h13H,4-12H2,1-3H3,(H,19,24). The lowest BCUT2D eigenvalue weighted by atomic mass is 9.65. The van der Waals surface area contributed by atoms with Crippen molar-refractivity contribution in [2.24, 2.45) is 11.3 Å². The highest BCUT2D eigenvalue weighted by Gasteiger charge is 2.54. The molecule has 6 heteroatoms. The van der Waals surface area contributed by atoms with Crippen LogP contribution in [0, 0.1) is 11.3 Å². The first-order valence-corrected chi connectivity index (χ1v) is 9.21. The lowest BCUT2D eigenvalue weighted by molar-refractivity contribution is -0.141. The van der Waals surface area contributed by atoms with E-state index >= 15 is 0 Å².